The van der Waals surface area contributed by atoms with Gasteiger partial charge < -0.3 is 10.4 Å². The number of nitrogens with one attached hydrogen (secondary N) is 1. The van der Waals surface area contributed by atoms with Crippen LogP contribution in [0.3, 0.4) is 0 Å². The van der Waals surface area contributed by atoms with Crippen molar-refractivity contribution in [2.75, 3.05) is 26.7 Å². The number of hydrogen-bond donors (Lipinski definition) is 2. The van der Waals surface area contributed by atoms with Crippen LogP contribution in [0.1, 0.15) is 31.4 Å². The first kappa shape index (κ1) is 14.3. The zero-order valence-corrected chi connectivity index (χ0v) is 11.7. The molecular formula is C15H23FN2O. The molecule has 2 N–H and O–H groups in total. The minimum atomic E-state index is -0.315. The second-order valence-corrected chi connectivity index (χ2v) is 5.42. The Hall–Kier alpha value is -1.13. The van der Waals surface area contributed by atoms with E-state index >= 15 is 0 Å². The molecule has 0 saturated carbocycles. The Labute approximate surface area is 114 Å². The molecule has 1 aromatic carbocycles. The van der Waals surface area contributed by atoms with Crippen LogP contribution in [0.4, 0.5) is 4.39 Å². The molecule has 1 saturated heterocycles. The maximum absolute atomic E-state index is 13.9. The summed E-state index contributed by atoms with van der Waals surface area (Å²) in [6, 6.07) is 4.51. The van der Waals surface area contributed by atoms with E-state index in [0.29, 0.717) is 5.56 Å². The number of hydrogen-bond acceptors (Lipinski definition) is 3. The molecule has 4 heteroatoms. The average Bonchev–Trinajstić information content (AvgIpc) is 2.39. The highest BCUT2D eigenvalue weighted by molar-refractivity contribution is 5.29. The number of nitrogens with zero attached hydrogens (tertiary/aromatic N) is 1. The lowest BCUT2D eigenvalue weighted by atomic mass is 9.94. The van der Waals surface area contributed by atoms with Gasteiger partial charge in [-0.1, -0.05) is 6.07 Å². The van der Waals surface area contributed by atoms with Gasteiger partial charge in [0.05, 0.1) is 0 Å². The first-order chi connectivity index (χ1) is 9.11. The van der Waals surface area contributed by atoms with Gasteiger partial charge in [0.2, 0.25) is 0 Å². The van der Waals surface area contributed by atoms with Crippen molar-refractivity contribution in [1.82, 2.24) is 10.2 Å². The monoisotopic (exact) mass is 266 g/mol. The summed E-state index contributed by atoms with van der Waals surface area (Å²) < 4.78 is 13.9. The highest BCUT2D eigenvalue weighted by Gasteiger charge is 2.24. The zero-order chi connectivity index (χ0) is 13.8. The molecule has 1 heterocycles. The summed E-state index contributed by atoms with van der Waals surface area (Å²) >= 11 is 0. The SMILES string of the molecule is CNCC1CCN(C(C)c2ccc(O)cc2F)CC1. The molecule has 1 fully saturated rings. The Morgan fingerprint density at radius 1 is 1.42 bits per heavy atom. The van der Waals surface area contributed by atoms with E-state index in [2.05, 4.69) is 10.2 Å². The molecule has 1 atom stereocenters. The van der Waals surface area contributed by atoms with Gasteiger partial charge in [0.25, 0.3) is 0 Å². The van der Waals surface area contributed by atoms with Crippen LogP contribution in [0.2, 0.25) is 0 Å². The largest absolute Gasteiger partial charge is 0.508 e. The lowest BCUT2D eigenvalue weighted by molar-refractivity contribution is 0.139. The number of piperidine rings is 1. The molecule has 1 aliphatic heterocycles. The molecule has 19 heavy (non-hydrogen) atoms. The Kier molecular flexibility index (Phi) is 4.77. The zero-order valence-electron chi connectivity index (χ0n) is 11.7. The van der Waals surface area contributed by atoms with Crippen molar-refractivity contribution in [2.24, 2.45) is 5.92 Å². The number of phenols is 1. The van der Waals surface area contributed by atoms with Crippen LogP contribution in [-0.2, 0) is 0 Å². The van der Waals surface area contributed by atoms with Crippen LogP contribution in [0.25, 0.3) is 0 Å². The van der Waals surface area contributed by atoms with E-state index in [-0.39, 0.29) is 17.6 Å². The second kappa shape index (κ2) is 6.35. The standard InChI is InChI=1S/C15H23FN2O/c1-11(14-4-3-13(19)9-15(14)16)18-7-5-12(6-8-18)10-17-2/h3-4,9,11-12,17,19H,5-8,10H2,1-2H3. The lowest BCUT2D eigenvalue weighted by Gasteiger charge is -2.36. The Morgan fingerprint density at radius 2 is 2.11 bits per heavy atom. The lowest BCUT2D eigenvalue weighted by Crippen LogP contribution is -2.38. The predicted molar refractivity (Wildman–Crippen MR) is 74.7 cm³/mol. The average molecular weight is 266 g/mol. The van der Waals surface area contributed by atoms with Gasteiger partial charge in [-0.25, -0.2) is 4.39 Å². The van der Waals surface area contributed by atoms with Crippen molar-refractivity contribution in [1.29, 1.82) is 0 Å². The van der Waals surface area contributed by atoms with Gasteiger partial charge in [0.15, 0.2) is 0 Å². The van der Waals surface area contributed by atoms with Crippen LogP contribution >= 0.6 is 0 Å². The minimum Gasteiger partial charge on any atom is -0.508 e. The van der Waals surface area contributed by atoms with E-state index in [1.807, 2.05) is 14.0 Å². The normalized spacial score (nSPS) is 19.5. The summed E-state index contributed by atoms with van der Waals surface area (Å²) in [6.07, 6.45) is 2.32. The highest BCUT2D eigenvalue weighted by atomic mass is 19.1. The number of benzene rings is 1. The van der Waals surface area contributed by atoms with Crippen LogP contribution in [0.5, 0.6) is 5.75 Å². The molecule has 3 nitrogen and oxygen atoms in total. The second-order valence-electron chi connectivity index (χ2n) is 5.42. The number of likely N-dealkylation sites (tertiary alicyclic amines) is 1. The molecule has 0 amide bonds. The number of phenolic OH excluding ortho intramolecular Hbond substituents is 1. The molecule has 1 unspecified atom stereocenters. The van der Waals surface area contributed by atoms with E-state index in [9.17, 15) is 9.50 Å². The third-order valence-corrected chi connectivity index (χ3v) is 4.12. The summed E-state index contributed by atoms with van der Waals surface area (Å²) in [7, 11) is 1.99. The fourth-order valence-corrected chi connectivity index (χ4v) is 2.88. The summed E-state index contributed by atoms with van der Waals surface area (Å²) in [5.41, 5.74) is 0.671. The summed E-state index contributed by atoms with van der Waals surface area (Å²) in [6.45, 7) is 5.12. The van der Waals surface area contributed by atoms with Gasteiger partial charge in [-0.15, -0.1) is 0 Å². The van der Waals surface area contributed by atoms with Crippen LogP contribution in [0, 0.1) is 11.7 Å². The van der Waals surface area contributed by atoms with Crippen molar-refractivity contribution in [3.8, 4) is 5.75 Å². The van der Waals surface area contributed by atoms with Crippen molar-refractivity contribution in [3.05, 3.63) is 29.6 Å². The molecule has 1 aromatic rings. The van der Waals surface area contributed by atoms with Gasteiger partial charge in [0, 0.05) is 17.7 Å². The van der Waals surface area contributed by atoms with Crippen molar-refractivity contribution >= 4 is 0 Å². The van der Waals surface area contributed by atoms with Crippen LogP contribution in [0.15, 0.2) is 18.2 Å². The van der Waals surface area contributed by atoms with Crippen molar-refractivity contribution < 1.29 is 9.50 Å². The summed E-state index contributed by atoms with van der Waals surface area (Å²) in [5.74, 6) is 0.407. The molecule has 0 aromatic heterocycles. The van der Waals surface area contributed by atoms with E-state index in [1.54, 1.807) is 12.1 Å². The van der Waals surface area contributed by atoms with E-state index in [1.165, 1.54) is 6.07 Å². The molecular weight excluding hydrogens is 243 g/mol. The van der Waals surface area contributed by atoms with Gasteiger partial charge in [-0.3, -0.25) is 4.90 Å². The topological polar surface area (TPSA) is 35.5 Å². The molecule has 1 aliphatic rings. The van der Waals surface area contributed by atoms with Crippen molar-refractivity contribution in [2.45, 2.75) is 25.8 Å². The van der Waals surface area contributed by atoms with E-state index in [4.69, 9.17) is 0 Å². The van der Waals surface area contributed by atoms with Gasteiger partial charge >= 0.3 is 0 Å². The predicted octanol–water partition coefficient (Wildman–Crippen LogP) is 2.52. The molecule has 0 aliphatic carbocycles. The number of halogens is 1. The van der Waals surface area contributed by atoms with E-state index in [0.717, 1.165) is 38.4 Å². The first-order valence-corrected chi connectivity index (χ1v) is 6.99. The molecule has 0 radical (unpaired) electrons. The molecule has 2 rings (SSSR count). The maximum Gasteiger partial charge on any atom is 0.131 e. The van der Waals surface area contributed by atoms with Crippen LogP contribution in [-0.4, -0.2) is 36.7 Å². The third kappa shape index (κ3) is 3.45. The molecule has 106 valence electrons. The smallest absolute Gasteiger partial charge is 0.131 e. The summed E-state index contributed by atoms with van der Waals surface area (Å²) in [5, 5.41) is 12.5. The van der Waals surface area contributed by atoms with Gasteiger partial charge in [0.1, 0.15) is 11.6 Å². The van der Waals surface area contributed by atoms with Crippen molar-refractivity contribution in [3.63, 3.8) is 0 Å². The fraction of sp³-hybridized carbons (Fsp3) is 0.600. The molecule has 0 spiro atoms. The van der Waals surface area contributed by atoms with Gasteiger partial charge in [-0.05, 0) is 58.4 Å². The molecule has 0 bridgehead atoms. The van der Waals surface area contributed by atoms with E-state index < -0.39 is 0 Å². The number of aromatic hydroxyl groups is 1. The maximum atomic E-state index is 13.9. The van der Waals surface area contributed by atoms with Gasteiger partial charge in [-0.2, -0.15) is 0 Å². The Morgan fingerprint density at radius 3 is 2.68 bits per heavy atom. The quantitative estimate of drug-likeness (QED) is 0.879. The first-order valence-electron chi connectivity index (χ1n) is 6.99. The fourth-order valence-electron chi connectivity index (χ4n) is 2.88. The Bertz CT molecular complexity index is 417. The highest BCUT2D eigenvalue weighted by Crippen LogP contribution is 2.29. The third-order valence-electron chi connectivity index (χ3n) is 4.12. The summed E-state index contributed by atoms with van der Waals surface area (Å²) in [4.78, 5) is 2.32. The van der Waals surface area contributed by atoms with Crippen LogP contribution < -0.4 is 5.32 Å². The Balaban J connectivity index is 1.99. The number of rotatable bonds is 4. The minimum absolute atomic E-state index is 0.0128.